The quantitative estimate of drug-likeness (QED) is 0.827. The minimum atomic E-state index is -1.16. The highest BCUT2D eigenvalue weighted by Crippen LogP contribution is 2.13. The zero-order valence-electron chi connectivity index (χ0n) is 11.2. The molecule has 1 heterocycles. The van der Waals surface area contributed by atoms with Gasteiger partial charge in [-0.1, -0.05) is 13.8 Å². The molecule has 2 amide bonds. The molecule has 1 aromatic rings. The summed E-state index contributed by atoms with van der Waals surface area (Å²) < 4.78 is 0. The summed E-state index contributed by atoms with van der Waals surface area (Å²) in [5.41, 5.74) is 0.0704. The van der Waals surface area contributed by atoms with Crippen molar-refractivity contribution < 1.29 is 14.7 Å². The average molecular weight is 265 g/mol. The number of pyridine rings is 1. The van der Waals surface area contributed by atoms with E-state index in [1.165, 1.54) is 12.3 Å². The number of carboxylic acids is 1. The standard InChI is InChI=1S/C13H19N3O3/c1-3-8-16(9-4-2)13(19)15-10-6-5-7-14-11(10)12(17)18/h5-7H,3-4,8-9H2,1-2H3,(H,15,19)(H,17,18). The topological polar surface area (TPSA) is 82.5 Å². The summed E-state index contributed by atoms with van der Waals surface area (Å²) in [7, 11) is 0. The molecule has 6 nitrogen and oxygen atoms in total. The van der Waals surface area contributed by atoms with E-state index in [9.17, 15) is 9.59 Å². The Morgan fingerprint density at radius 3 is 2.47 bits per heavy atom. The summed E-state index contributed by atoms with van der Waals surface area (Å²) in [6, 6.07) is 2.83. The van der Waals surface area contributed by atoms with Crippen LogP contribution >= 0.6 is 0 Å². The van der Waals surface area contributed by atoms with Gasteiger partial charge in [-0.2, -0.15) is 0 Å². The molecule has 0 aliphatic rings. The van der Waals surface area contributed by atoms with Crippen LogP contribution in [0.4, 0.5) is 10.5 Å². The first-order valence-electron chi connectivity index (χ1n) is 6.34. The van der Waals surface area contributed by atoms with Crippen LogP contribution in [0.3, 0.4) is 0 Å². The van der Waals surface area contributed by atoms with Crippen LogP contribution in [0.15, 0.2) is 18.3 Å². The first-order chi connectivity index (χ1) is 9.10. The largest absolute Gasteiger partial charge is 0.476 e. The smallest absolute Gasteiger partial charge is 0.356 e. The molecule has 104 valence electrons. The second-order valence-corrected chi connectivity index (χ2v) is 4.12. The van der Waals surface area contributed by atoms with Crippen molar-refractivity contribution in [2.75, 3.05) is 18.4 Å². The summed E-state index contributed by atoms with van der Waals surface area (Å²) in [6.45, 7) is 5.26. The third-order valence-corrected chi connectivity index (χ3v) is 2.53. The number of hydrogen-bond acceptors (Lipinski definition) is 3. The van der Waals surface area contributed by atoms with Gasteiger partial charge in [0, 0.05) is 19.3 Å². The van der Waals surface area contributed by atoms with Crippen molar-refractivity contribution >= 4 is 17.7 Å². The normalized spacial score (nSPS) is 10.0. The molecule has 2 N–H and O–H groups in total. The van der Waals surface area contributed by atoms with E-state index in [0.717, 1.165) is 12.8 Å². The van der Waals surface area contributed by atoms with E-state index < -0.39 is 5.97 Å². The SMILES string of the molecule is CCCN(CCC)C(=O)Nc1cccnc1C(=O)O. The van der Waals surface area contributed by atoms with E-state index in [2.05, 4.69) is 10.3 Å². The minimum absolute atomic E-state index is 0.149. The van der Waals surface area contributed by atoms with E-state index in [0.29, 0.717) is 13.1 Å². The van der Waals surface area contributed by atoms with Crippen LogP contribution in [0, 0.1) is 0 Å². The van der Waals surface area contributed by atoms with Gasteiger partial charge in [-0.25, -0.2) is 14.6 Å². The molecular formula is C13H19N3O3. The maximum atomic E-state index is 12.1. The second kappa shape index (κ2) is 7.35. The van der Waals surface area contributed by atoms with Crippen molar-refractivity contribution in [1.29, 1.82) is 0 Å². The van der Waals surface area contributed by atoms with Crippen LogP contribution < -0.4 is 5.32 Å². The highest BCUT2D eigenvalue weighted by molar-refractivity contribution is 5.98. The summed E-state index contributed by atoms with van der Waals surface area (Å²) in [4.78, 5) is 28.5. The fraction of sp³-hybridized carbons (Fsp3) is 0.462. The maximum absolute atomic E-state index is 12.1. The number of carbonyl (C=O) groups excluding carboxylic acids is 1. The zero-order valence-corrected chi connectivity index (χ0v) is 11.2. The Kier molecular flexibility index (Phi) is 5.78. The number of aromatic carboxylic acids is 1. The number of carboxylic acid groups (broad SMARTS) is 1. The molecule has 19 heavy (non-hydrogen) atoms. The van der Waals surface area contributed by atoms with Crippen molar-refractivity contribution in [3.05, 3.63) is 24.0 Å². The minimum Gasteiger partial charge on any atom is -0.476 e. The van der Waals surface area contributed by atoms with Crippen LogP contribution in [0.25, 0.3) is 0 Å². The van der Waals surface area contributed by atoms with E-state index in [4.69, 9.17) is 5.11 Å². The Morgan fingerprint density at radius 2 is 1.95 bits per heavy atom. The van der Waals surface area contributed by atoms with Gasteiger partial charge in [0.05, 0.1) is 5.69 Å². The number of carbonyl (C=O) groups is 2. The van der Waals surface area contributed by atoms with Gasteiger partial charge < -0.3 is 15.3 Å². The Balaban J connectivity index is 2.83. The van der Waals surface area contributed by atoms with Gasteiger partial charge >= 0.3 is 12.0 Å². The lowest BCUT2D eigenvalue weighted by Crippen LogP contribution is -2.36. The van der Waals surface area contributed by atoms with Crippen LogP contribution in [-0.4, -0.2) is 40.1 Å². The number of aromatic nitrogens is 1. The highest BCUT2D eigenvalue weighted by atomic mass is 16.4. The van der Waals surface area contributed by atoms with Gasteiger partial charge in [-0.05, 0) is 25.0 Å². The fourth-order valence-electron chi connectivity index (χ4n) is 1.73. The molecule has 0 saturated carbocycles. The molecule has 0 aliphatic carbocycles. The van der Waals surface area contributed by atoms with E-state index >= 15 is 0 Å². The molecule has 0 spiro atoms. The predicted octanol–water partition coefficient (Wildman–Crippen LogP) is 2.43. The molecule has 0 unspecified atom stereocenters. The van der Waals surface area contributed by atoms with Crippen molar-refractivity contribution in [2.24, 2.45) is 0 Å². The van der Waals surface area contributed by atoms with Crippen LogP contribution in [0.2, 0.25) is 0 Å². The van der Waals surface area contributed by atoms with Gasteiger partial charge in [0.1, 0.15) is 0 Å². The lowest BCUT2D eigenvalue weighted by Gasteiger charge is -2.22. The van der Waals surface area contributed by atoms with Crippen molar-refractivity contribution in [1.82, 2.24) is 9.88 Å². The van der Waals surface area contributed by atoms with Gasteiger partial charge in [0.2, 0.25) is 0 Å². The van der Waals surface area contributed by atoms with Crippen molar-refractivity contribution in [2.45, 2.75) is 26.7 Å². The number of nitrogens with zero attached hydrogens (tertiary/aromatic N) is 2. The second-order valence-electron chi connectivity index (χ2n) is 4.12. The molecule has 6 heteroatoms. The number of nitrogens with one attached hydrogen (secondary N) is 1. The first kappa shape index (κ1) is 14.9. The number of urea groups is 1. The van der Waals surface area contributed by atoms with Crippen molar-refractivity contribution in [3.63, 3.8) is 0 Å². The predicted molar refractivity (Wildman–Crippen MR) is 72.4 cm³/mol. The molecule has 0 fully saturated rings. The lowest BCUT2D eigenvalue weighted by molar-refractivity contribution is 0.0691. The summed E-state index contributed by atoms with van der Waals surface area (Å²) in [6.07, 6.45) is 3.09. The molecule has 0 bridgehead atoms. The lowest BCUT2D eigenvalue weighted by atomic mass is 10.3. The monoisotopic (exact) mass is 265 g/mol. The number of amides is 2. The molecule has 0 saturated heterocycles. The van der Waals surface area contributed by atoms with Crippen LogP contribution in [0.1, 0.15) is 37.2 Å². The van der Waals surface area contributed by atoms with Gasteiger partial charge in [-0.15, -0.1) is 0 Å². The Hall–Kier alpha value is -2.11. The van der Waals surface area contributed by atoms with E-state index in [-0.39, 0.29) is 17.4 Å². The third kappa shape index (κ3) is 4.24. The van der Waals surface area contributed by atoms with Crippen LogP contribution in [0.5, 0.6) is 0 Å². The summed E-state index contributed by atoms with van der Waals surface area (Å²) in [5.74, 6) is -1.16. The molecular weight excluding hydrogens is 246 g/mol. The number of anilines is 1. The Bertz CT molecular complexity index is 443. The van der Waals surface area contributed by atoms with E-state index in [1.807, 2.05) is 13.8 Å². The van der Waals surface area contributed by atoms with Gasteiger partial charge in [0.15, 0.2) is 5.69 Å². The Labute approximate surface area is 112 Å². The molecule has 0 aliphatic heterocycles. The Morgan fingerprint density at radius 1 is 1.32 bits per heavy atom. The maximum Gasteiger partial charge on any atom is 0.356 e. The summed E-state index contributed by atoms with van der Waals surface area (Å²) in [5, 5.41) is 11.6. The van der Waals surface area contributed by atoms with E-state index in [1.54, 1.807) is 11.0 Å². The van der Waals surface area contributed by atoms with Crippen molar-refractivity contribution in [3.8, 4) is 0 Å². The molecule has 0 atom stereocenters. The summed E-state index contributed by atoms with van der Waals surface area (Å²) >= 11 is 0. The average Bonchev–Trinajstić information content (AvgIpc) is 2.38. The molecule has 1 rings (SSSR count). The highest BCUT2D eigenvalue weighted by Gasteiger charge is 2.16. The van der Waals surface area contributed by atoms with Gasteiger partial charge in [0.25, 0.3) is 0 Å². The first-order valence-corrected chi connectivity index (χ1v) is 6.34. The third-order valence-electron chi connectivity index (χ3n) is 2.53. The number of hydrogen-bond donors (Lipinski definition) is 2. The van der Waals surface area contributed by atoms with Gasteiger partial charge in [-0.3, -0.25) is 0 Å². The fourth-order valence-corrected chi connectivity index (χ4v) is 1.73. The molecule has 0 radical (unpaired) electrons. The zero-order chi connectivity index (χ0) is 14.3. The van der Waals surface area contributed by atoms with Crippen LogP contribution in [-0.2, 0) is 0 Å². The number of rotatable bonds is 6. The molecule has 1 aromatic heterocycles. The molecule has 0 aromatic carbocycles.